The lowest BCUT2D eigenvalue weighted by molar-refractivity contribution is 0.0188. The van der Waals surface area contributed by atoms with Gasteiger partial charge in [-0.15, -0.1) is 0 Å². The number of carbonyl (C=O) groups excluding carboxylic acids is 1. The summed E-state index contributed by atoms with van der Waals surface area (Å²) < 4.78 is 7.39. The average molecular weight is 467 g/mol. The quantitative estimate of drug-likeness (QED) is 0.739. The molecule has 1 aliphatic rings. The van der Waals surface area contributed by atoms with Gasteiger partial charge in [0, 0.05) is 25.7 Å². The summed E-state index contributed by atoms with van der Waals surface area (Å²) in [6.45, 7) is 11.1. The van der Waals surface area contributed by atoms with Crippen LogP contribution in [0.5, 0.6) is 0 Å². The lowest BCUT2D eigenvalue weighted by Crippen LogP contribution is -2.43. The number of likely N-dealkylation sites (tertiary alicyclic amines) is 1. The molecule has 0 radical (unpaired) electrons. The predicted octanol–water partition coefficient (Wildman–Crippen LogP) is 3.26. The summed E-state index contributed by atoms with van der Waals surface area (Å²) in [5.74, 6) is 0.473. The molecule has 1 N–H and O–H groups in total. The topological polar surface area (TPSA) is 102 Å². The highest BCUT2D eigenvalue weighted by Gasteiger charge is 2.29. The van der Waals surface area contributed by atoms with Gasteiger partial charge in [0.2, 0.25) is 5.95 Å². The van der Waals surface area contributed by atoms with Crippen LogP contribution in [0.25, 0.3) is 11.2 Å². The first-order valence-electron chi connectivity index (χ1n) is 9.79. The lowest BCUT2D eigenvalue weighted by atomic mass is 10.0. The van der Waals surface area contributed by atoms with Gasteiger partial charge in [-0.2, -0.15) is 4.98 Å². The van der Waals surface area contributed by atoms with E-state index in [9.17, 15) is 9.59 Å². The highest BCUT2D eigenvalue weighted by Crippen LogP contribution is 2.27. The summed E-state index contributed by atoms with van der Waals surface area (Å²) in [6.07, 6.45) is 0.936. The van der Waals surface area contributed by atoms with Crippen molar-refractivity contribution in [3.8, 4) is 0 Å². The van der Waals surface area contributed by atoms with Gasteiger partial charge in [-0.25, -0.2) is 14.8 Å². The Hall–Kier alpha value is -2.23. The van der Waals surface area contributed by atoms with Gasteiger partial charge in [-0.1, -0.05) is 0 Å². The molecule has 3 heterocycles. The zero-order valence-electron chi connectivity index (χ0n) is 17.5. The Morgan fingerprint density at radius 2 is 1.90 bits per heavy atom. The molecular weight excluding hydrogens is 440 g/mol. The van der Waals surface area contributed by atoms with Crippen molar-refractivity contribution in [3.05, 3.63) is 20.7 Å². The maximum absolute atomic E-state index is 12.9. The normalized spacial score (nSPS) is 15.6. The van der Waals surface area contributed by atoms with Crippen LogP contribution < -0.4 is 10.9 Å². The minimum absolute atomic E-state index is 0.0910. The number of carbonyl (C=O) groups is 1. The van der Waals surface area contributed by atoms with Crippen LogP contribution in [0.2, 0.25) is 0 Å². The third-order valence-electron chi connectivity index (χ3n) is 4.69. The van der Waals surface area contributed by atoms with Gasteiger partial charge in [-0.05, 0) is 63.4 Å². The third kappa shape index (κ3) is 4.68. The summed E-state index contributed by atoms with van der Waals surface area (Å²) in [5, 5.41) is 3.10. The average Bonchev–Trinajstić information content (AvgIpc) is 2.63. The molecule has 2 aromatic heterocycles. The molecule has 1 aliphatic heterocycles. The fraction of sp³-hybridized carbons (Fsp3) is 0.632. The second-order valence-corrected chi connectivity index (χ2v) is 8.86. The highest BCUT2D eigenvalue weighted by atomic mass is 79.9. The smallest absolute Gasteiger partial charge is 0.410 e. The van der Waals surface area contributed by atoms with Crippen LogP contribution in [-0.4, -0.2) is 55.7 Å². The zero-order chi connectivity index (χ0) is 21.3. The minimum atomic E-state index is -0.534. The molecule has 1 amide bonds. The van der Waals surface area contributed by atoms with Crippen molar-refractivity contribution < 1.29 is 9.53 Å². The number of amides is 1. The van der Waals surface area contributed by atoms with Gasteiger partial charge in [0.15, 0.2) is 10.3 Å². The summed E-state index contributed by atoms with van der Waals surface area (Å²) in [5.41, 5.74) is 1.04. The molecule has 3 rings (SSSR count). The minimum Gasteiger partial charge on any atom is -0.444 e. The molecule has 0 aromatic carbocycles. The largest absolute Gasteiger partial charge is 0.444 e. The molecule has 1 fully saturated rings. The number of nitrogens with one attached hydrogen (secondary N) is 1. The number of ether oxygens (including phenoxy) is 1. The summed E-state index contributed by atoms with van der Waals surface area (Å²) in [6, 6.07) is -0.0910. The molecule has 0 unspecified atom stereocenters. The van der Waals surface area contributed by atoms with E-state index in [4.69, 9.17) is 4.74 Å². The molecule has 29 heavy (non-hydrogen) atoms. The fourth-order valence-corrected chi connectivity index (χ4v) is 3.77. The Kier molecular flexibility index (Phi) is 6.11. The number of aryl methyl sites for hydroxylation is 1. The Morgan fingerprint density at radius 1 is 1.24 bits per heavy atom. The van der Waals surface area contributed by atoms with Gasteiger partial charge in [-0.3, -0.25) is 9.36 Å². The van der Waals surface area contributed by atoms with E-state index in [1.807, 2.05) is 34.6 Å². The van der Waals surface area contributed by atoms with E-state index in [1.165, 1.54) is 0 Å². The van der Waals surface area contributed by atoms with Crippen LogP contribution in [0.15, 0.2) is 9.40 Å². The van der Waals surface area contributed by atoms with Gasteiger partial charge in [0.05, 0.1) is 5.69 Å². The number of aromatic nitrogens is 4. The molecule has 10 heteroatoms. The molecule has 0 atom stereocenters. The van der Waals surface area contributed by atoms with E-state index >= 15 is 0 Å². The fourth-order valence-electron chi connectivity index (χ4n) is 3.40. The summed E-state index contributed by atoms with van der Waals surface area (Å²) >= 11 is 3.29. The van der Waals surface area contributed by atoms with Crippen LogP contribution in [-0.2, 0) is 4.74 Å². The van der Waals surface area contributed by atoms with Crippen molar-refractivity contribution in [1.29, 1.82) is 0 Å². The molecular formula is C19H27BrN6O3. The number of piperidine rings is 1. The van der Waals surface area contributed by atoms with E-state index in [-0.39, 0.29) is 22.3 Å². The molecule has 0 spiro atoms. The predicted molar refractivity (Wildman–Crippen MR) is 114 cm³/mol. The number of anilines is 1. The van der Waals surface area contributed by atoms with E-state index in [2.05, 4.69) is 36.2 Å². The molecule has 9 nitrogen and oxygen atoms in total. The molecule has 0 aliphatic carbocycles. The number of hydrogen-bond acceptors (Lipinski definition) is 7. The second-order valence-electron chi connectivity index (χ2n) is 8.11. The van der Waals surface area contributed by atoms with Gasteiger partial charge in [0.1, 0.15) is 11.1 Å². The van der Waals surface area contributed by atoms with Crippen molar-refractivity contribution in [2.75, 3.05) is 25.0 Å². The first kappa shape index (κ1) is 21.5. The third-order valence-corrected chi connectivity index (χ3v) is 5.21. The number of fused-ring (bicyclic) bond motifs is 1. The molecule has 2 aromatic rings. The first-order valence-corrected chi connectivity index (χ1v) is 10.6. The van der Waals surface area contributed by atoms with Crippen LogP contribution >= 0.6 is 15.9 Å². The Morgan fingerprint density at radius 3 is 2.48 bits per heavy atom. The molecule has 1 saturated heterocycles. The monoisotopic (exact) mass is 466 g/mol. The maximum Gasteiger partial charge on any atom is 0.410 e. The first-order chi connectivity index (χ1) is 13.6. The molecule has 158 valence electrons. The summed E-state index contributed by atoms with van der Waals surface area (Å²) in [4.78, 5) is 40.3. The van der Waals surface area contributed by atoms with Crippen molar-refractivity contribution in [1.82, 2.24) is 24.4 Å². The highest BCUT2D eigenvalue weighted by molar-refractivity contribution is 9.10. The van der Waals surface area contributed by atoms with Crippen LogP contribution in [0.3, 0.4) is 0 Å². The number of rotatable bonds is 3. The molecule has 0 bridgehead atoms. The number of hydrogen-bond donors (Lipinski definition) is 1. The van der Waals surface area contributed by atoms with E-state index in [1.54, 1.807) is 9.47 Å². The van der Waals surface area contributed by atoms with Crippen LogP contribution in [0.1, 0.15) is 52.3 Å². The van der Waals surface area contributed by atoms with Crippen LogP contribution in [0, 0.1) is 6.92 Å². The van der Waals surface area contributed by atoms with E-state index in [0.717, 1.165) is 0 Å². The van der Waals surface area contributed by atoms with E-state index < -0.39 is 5.60 Å². The maximum atomic E-state index is 12.9. The standard InChI is InChI=1S/C19H27BrN6O3/c1-6-21-17-22-11(2)13-15(24-17)26(16(27)14(20)23-13)12-7-9-25(10-8-12)18(28)29-19(3,4)5/h12H,6-10H2,1-5H3,(H,21,22,24). The van der Waals surface area contributed by atoms with Crippen LogP contribution in [0.4, 0.5) is 10.7 Å². The molecule has 0 saturated carbocycles. The zero-order valence-corrected chi connectivity index (χ0v) is 19.0. The SMILES string of the molecule is CCNc1nc(C)c2nc(Br)c(=O)n(C3CCN(C(=O)OC(C)(C)C)CC3)c2n1. The van der Waals surface area contributed by atoms with E-state index in [0.29, 0.717) is 55.3 Å². The van der Waals surface area contributed by atoms with Crippen molar-refractivity contribution in [2.45, 2.75) is 59.1 Å². The summed E-state index contributed by atoms with van der Waals surface area (Å²) in [7, 11) is 0. The Balaban J connectivity index is 1.93. The van der Waals surface area contributed by atoms with Gasteiger partial charge < -0.3 is 15.0 Å². The van der Waals surface area contributed by atoms with Gasteiger partial charge >= 0.3 is 6.09 Å². The van der Waals surface area contributed by atoms with Crippen molar-refractivity contribution in [3.63, 3.8) is 0 Å². The lowest BCUT2D eigenvalue weighted by Gasteiger charge is -2.34. The van der Waals surface area contributed by atoms with Gasteiger partial charge in [0.25, 0.3) is 5.56 Å². The number of halogens is 1. The Bertz CT molecular complexity index is 977. The number of nitrogens with zero attached hydrogens (tertiary/aromatic N) is 5. The van der Waals surface area contributed by atoms with Crippen molar-refractivity contribution in [2.24, 2.45) is 0 Å². The second kappa shape index (κ2) is 8.25. The van der Waals surface area contributed by atoms with Crippen molar-refractivity contribution >= 4 is 39.1 Å². The Labute approximate surface area is 178 Å².